The van der Waals surface area contributed by atoms with Crippen molar-refractivity contribution < 1.29 is 24.5 Å². The highest BCUT2D eigenvalue weighted by Crippen LogP contribution is 2.17. The van der Waals surface area contributed by atoms with Crippen LogP contribution in [0.5, 0.6) is 5.75 Å². The summed E-state index contributed by atoms with van der Waals surface area (Å²) in [4.78, 5) is 21.6. The Morgan fingerprint density at radius 2 is 1.84 bits per heavy atom. The molecular weight excluding hydrogens is 248 g/mol. The van der Waals surface area contributed by atoms with Crippen LogP contribution in [0.3, 0.4) is 0 Å². The third-order valence-corrected chi connectivity index (χ3v) is 2.65. The molecule has 0 aliphatic rings. The summed E-state index contributed by atoms with van der Waals surface area (Å²) in [5.41, 5.74) is 0.789. The summed E-state index contributed by atoms with van der Waals surface area (Å²) >= 11 is 0. The smallest absolute Gasteiger partial charge is 0.307 e. The normalized spacial score (nSPS) is 11.8. The molecule has 0 heterocycles. The number of carboxylic acid groups (broad SMARTS) is 2. The number of rotatable bonds is 8. The minimum atomic E-state index is -1.10. The van der Waals surface area contributed by atoms with E-state index < -0.39 is 17.9 Å². The number of benzene rings is 1. The van der Waals surface area contributed by atoms with Gasteiger partial charge in [-0.05, 0) is 30.5 Å². The number of hydrogen-bond donors (Lipinski definition) is 2. The van der Waals surface area contributed by atoms with Gasteiger partial charge in [-0.15, -0.1) is 0 Å². The van der Waals surface area contributed by atoms with Crippen molar-refractivity contribution in [3.8, 4) is 5.75 Å². The molecule has 0 aromatic heterocycles. The van der Waals surface area contributed by atoms with Crippen molar-refractivity contribution in [1.82, 2.24) is 0 Å². The van der Waals surface area contributed by atoms with E-state index in [2.05, 4.69) is 0 Å². The van der Waals surface area contributed by atoms with Gasteiger partial charge in [0.2, 0.25) is 0 Å². The predicted octanol–water partition coefficient (Wildman–Crippen LogP) is 2.19. The van der Waals surface area contributed by atoms with Crippen LogP contribution in [-0.4, -0.2) is 28.8 Å². The Morgan fingerprint density at radius 1 is 1.21 bits per heavy atom. The van der Waals surface area contributed by atoms with Gasteiger partial charge >= 0.3 is 11.9 Å². The van der Waals surface area contributed by atoms with Crippen LogP contribution in [0.15, 0.2) is 24.3 Å². The minimum absolute atomic E-state index is 0.204. The Balaban J connectivity index is 2.64. The van der Waals surface area contributed by atoms with Crippen molar-refractivity contribution in [3.63, 3.8) is 0 Å². The molecule has 0 fully saturated rings. The lowest BCUT2D eigenvalue weighted by Gasteiger charge is -2.10. The number of carboxylic acids is 2. The van der Waals surface area contributed by atoms with E-state index in [0.717, 1.165) is 17.7 Å². The first-order chi connectivity index (χ1) is 9.02. The topological polar surface area (TPSA) is 83.8 Å². The van der Waals surface area contributed by atoms with Gasteiger partial charge in [-0.1, -0.05) is 19.1 Å². The van der Waals surface area contributed by atoms with Gasteiger partial charge in [0.05, 0.1) is 18.9 Å². The molecule has 0 aliphatic carbocycles. The van der Waals surface area contributed by atoms with Gasteiger partial charge in [0, 0.05) is 0 Å². The zero-order valence-corrected chi connectivity index (χ0v) is 10.8. The number of carbonyl (C=O) groups is 2. The lowest BCUT2D eigenvalue weighted by atomic mass is 9.96. The zero-order valence-electron chi connectivity index (χ0n) is 10.8. The molecule has 0 aliphatic heterocycles. The van der Waals surface area contributed by atoms with E-state index in [9.17, 15) is 9.59 Å². The zero-order chi connectivity index (χ0) is 14.3. The van der Waals surface area contributed by atoms with Crippen LogP contribution in [0.25, 0.3) is 0 Å². The highest BCUT2D eigenvalue weighted by Gasteiger charge is 2.21. The minimum Gasteiger partial charge on any atom is -0.494 e. The van der Waals surface area contributed by atoms with Gasteiger partial charge in [-0.25, -0.2) is 0 Å². The molecule has 5 heteroatoms. The maximum absolute atomic E-state index is 11.0. The molecule has 2 N–H and O–H groups in total. The molecule has 19 heavy (non-hydrogen) atoms. The average Bonchev–Trinajstić information content (AvgIpc) is 2.36. The van der Waals surface area contributed by atoms with E-state index in [1.54, 1.807) is 24.3 Å². The molecule has 5 nitrogen and oxygen atoms in total. The number of aliphatic carboxylic acids is 2. The van der Waals surface area contributed by atoms with Gasteiger partial charge < -0.3 is 14.9 Å². The first-order valence-corrected chi connectivity index (χ1v) is 6.19. The monoisotopic (exact) mass is 266 g/mol. The largest absolute Gasteiger partial charge is 0.494 e. The lowest BCUT2D eigenvalue weighted by Crippen LogP contribution is -2.20. The standard InChI is InChI=1S/C14H18O5/c1-2-7-19-12-5-3-10(4-6-12)8-11(14(17)18)9-13(15)16/h3-6,11H,2,7-9H2,1H3,(H,15,16)(H,17,18). The molecule has 1 aromatic rings. The Labute approximate surface area is 111 Å². The van der Waals surface area contributed by atoms with E-state index in [1.165, 1.54) is 0 Å². The molecule has 1 aromatic carbocycles. The fourth-order valence-corrected chi connectivity index (χ4v) is 1.68. The molecule has 1 rings (SSSR count). The molecule has 0 bridgehead atoms. The second kappa shape index (κ2) is 7.41. The summed E-state index contributed by atoms with van der Waals surface area (Å²) < 4.78 is 5.42. The lowest BCUT2D eigenvalue weighted by molar-refractivity contribution is -0.148. The molecule has 0 saturated carbocycles. The van der Waals surface area contributed by atoms with Crippen molar-refractivity contribution in [3.05, 3.63) is 29.8 Å². The fourth-order valence-electron chi connectivity index (χ4n) is 1.68. The summed E-state index contributed by atoms with van der Waals surface area (Å²) in [5, 5.41) is 17.6. The second-order valence-corrected chi connectivity index (χ2v) is 4.33. The van der Waals surface area contributed by atoms with Crippen molar-refractivity contribution in [2.24, 2.45) is 5.92 Å². The van der Waals surface area contributed by atoms with E-state index in [0.29, 0.717) is 6.61 Å². The Morgan fingerprint density at radius 3 is 2.32 bits per heavy atom. The van der Waals surface area contributed by atoms with E-state index in [-0.39, 0.29) is 12.8 Å². The molecule has 0 saturated heterocycles. The number of ether oxygens (including phenoxy) is 1. The van der Waals surface area contributed by atoms with E-state index in [4.69, 9.17) is 14.9 Å². The maximum Gasteiger partial charge on any atom is 0.307 e. The van der Waals surface area contributed by atoms with Crippen molar-refractivity contribution in [2.75, 3.05) is 6.61 Å². The highest BCUT2D eigenvalue weighted by molar-refractivity contribution is 5.78. The first-order valence-electron chi connectivity index (χ1n) is 6.19. The SMILES string of the molecule is CCCOc1ccc(CC(CC(=O)O)C(=O)O)cc1. The maximum atomic E-state index is 11.0. The van der Waals surface area contributed by atoms with Crippen LogP contribution in [-0.2, 0) is 16.0 Å². The third kappa shape index (κ3) is 5.42. The molecule has 1 atom stereocenters. The predicted molar refractivity (Wildman–Crippen MR) is 69.3 cm³/mol. The van der Waals surface area contributed by atoms with Gasteiger partial charge in [-0.3, -0.25) is 9.59 Å². The van der Waals surface area contributed by atoms with E-state index in [1.807, 2.05) is 6.92 Å². The summed E-state index contributed by atoms with van der Waals surface area (Å²) in [6, 6.07) is 7.07. The van der Waals surface area contributed by atoms with Crippen LogP contribution >= 0.6 is 0 Å². The van der Waals surface area contributed by atoms with Gasteiger partial charge in [0.1, 0.15) is 5.75 Å². The quantitative estimate of drug-likeness (QED) is 0.753. The third-order valence-electron chi connectivity index (χ3n) is 2.65. The van der Waals surface area contributed by atoms with Crippen molar-refractivity contribution in [1.29, 1.82) is 0 Å². The van der Waals surface area contributed by atoms with Gasteiger partial charge in [0.15, 0.2) is 0 Å². The molecule has 0 spiro atoms. The molecule has 1 unspecified atom stereocenters. The Hall–Kier alpha value is -2.04. The molecule has 0 radical (unpaired) electrons. The molecule has 104 valence electrons. The van der Waals surface area contributed by atoms with Crippen LogP contribution in [0.2, 0.25) is 0 Å². The number of hydrogen-bond acceptors (Lipinski definition) is 3. The Bertz CT molecular complexity index is 424. The molecular formula is C14H18O5. The van der Waals surface area contributed by atoms with Crippen molar-refractivity contribution in [2.45, 2.75) is 26.2 Å². The van der Waals surface area contributed by atoms with Gasteiger partial charge in [0.25, 0.3) is 0 Å². The summed E-state index contributed by atoms with van der Waals surface area (Å²) in [5.74, 6) is -2.36. The highest BCUT2D eigenvalue weighted by atomic mass is 16.5. The van der Waals surface area contributed by atoms with Gasteiger partial charge in [-0.2, -0.15) is 0 Å². The van der Waals surface area contributed by atoms with Crippen molar-refractivity contribution >= 4 is 11.9 Å². The molecule has 0 amide bonds. The van der Waals surface area contributed by atoms with E-state index >= 15 is 0 Å². The van der Waals surface area contributed by atoms with Crippen LogP contribution in [0, 0.1) is 5.92 Å². The first kappa shape index (κ1) is 15.0. The summed E-state index contributed by atoms with van der Waals surface area (Å²) in [6.07, 6.45) is 0.751. The summed E-state index contributed by atoms with van der Waals surface area (Å²) in [7, 11) is 0. The summed E-state index contributed by atoms with van der Waals surface area (Å²) in [6.45, 7) is 2.65. The van der Waals surface area contributed by atoms with Crippen LogP contribution < -0.4 is 4.74 Å². The fraction of sp³-hybridized carbons (Fsp3) is 0.429. The second-order valence-electron chi connectivity index (χ2n) is 4.33. The van der Waals surface area contributed by atoms with Crippen LogP contribution in [0.1, 0.15) is 25.3 Å². The Kier molecular flexibility index (Phi) is 5.85. The van der Waals surface area contributed by atoms with Crippen LogP contribution in [0.4, 0.5) is 0 Å². The average molecular weight is 266 g/mol.